The molecule has 1 aliphatic carbocycles. The van der Waals surface area contributed by atoms with Gasteiger partial charge in [-0.25, -0.2) is 0 Å². The molecular formula is C25H39NO5Si. The highest BCUT2D eigenvalue weighted by molar-refractivity contribution is 6.74. The van der Waals surface area contributed by atoms with Gasteiger partial charge in [0.1, 0.15) is 0 Å². The van der Waals surface area contributed by atoms with Crippen LogP contribution in [0.3, 0.4) is 0 Å². The van der Waals surface area contributed by atoms with Gasteiger partial charge in [0, 0.05) is 30.6 Å². The number of carbonyl (C=O) groups excluding carboxylic acids is 1. The molecule has 0 heterocycles. The van der Waals surface area contributed by atoms with Crippen molar-refractivity contribution in [2.45, 2.75) is 77.4 Å². The van der Waals surface area contributed by atoms with E-state index in [1.54, 1.807) is 12.1 Å². The molecule has 0 saturated heterocycles. The Morgan fingerprint density at radius 2 is 1.94 bits per heavy atom. The minimum atomic E-state index is -1.92. The van der Waals surface area contributed by atoms with Gasteiger partial charge in [-0.1, -0.05) is 57.5 Å². The lowest BCUT2D eigenvalue weighted by Gasteiger charge is -2.36. The molecule has 1 aromatic rings. The van der Waals surface area contributed by atoms with Crippen LogP contribution in [0.1, 0.15) is 64.9 Å². The second-order valence-electron chi connectivity index (χ2n) is 10.3. The maximum atomic E-state index is 11.9. The maximum Gasteiger partial charge on any atom is 0.305 e. The van der Waals surface area contributed by atoms with E-state index >= 15 is 0 Å². The molecule has 0 saturated carbocycles. The maximum absolute atomic E-state index is 11.9. The Morgan fingerprint density at radius 3 is 2.50 bits per heavy atom. The number of nitro groups is 1. The molecule has 0 amide bonds. The van der Waals surface area contributed by atoms with Crippen molar-refractivity contribution < 1.29 is 18.9 Å². The minimum Gasteiger partial charge on any atom is -0.469 e. The number of ether oxygens (including phenoxy) is 1. The Bertz CT molecular complexity index is 843. The fourth-order valence-corrected chi connectivity index (χ4v) is 5.36. The first-order valence-electron chi connectivity index (χ1n) is 11.6. The van der Waals surface area contributed by atoms with E-state index in [-0.39, 0.29) is 39.4 Å². The van der Waals surface area contributed by atoms with E-state index in [2.05, 4.69) is 46.9 Å². The predicted molar refractivity (Wildman–Crippen MR) is 130 cm³/mol. The van der Waals surface area contributed by atoms with Crippen molar-refractivity contribution in [3.63, 3.8) is 0 Å². The first kappa shape index (κ1) is 26.3. The van der Waals surface area contributed by atoms with E-state index in [0.29, 0.717) is 19.4 Å². The Kier molecular flexibility index (Phi) is 8.82. The molecule has 2 rings (SSSR count). The average molecular weight is 462 g/mol. The highest BCUT2D eigenvalue weighted by Gasteiger charge is 2.38. The summed E-state index contributed by atoms with van der Waals surface area (Å²) in [4.78, 5) is 23.4. The molecule has 1 unspecified atom stereocenters. The highest BCUT2D eigenvalue weighted by Crippen LogP contribution is 2.45. The molecule has 1 aromatic carbocycles. The topological polar surface area (TPSA) is 78.7 Å². The van der Waals surface area contributed by atoms with Gasteiger partial charge >= 0.3 is 5.97 Å². The van der Waals surface area contributed by atoms with Crippen LogP contribution in [0.4, 0.5) is 5.69 Å². The largest absolute Gasteiger partial charge is 0.469 e. The summed E-state index contributed by atoms with van der Waals surface area (Å²) in [6, 6.07) is 7.02. The quantitative estimate of drug-likeness (QED) is 0.128. The zero-order valence-corrected chi connectivity index (χ0v) is 21.6. The monoisotopic (exact) mass is 461 g/mol. The zero-order chi connectivity index (χ0) is 24.1. The van der Waals surface area contributed by atoms with Crippen molar-refractivity contribution in [2.24, 2.45) is 11.8 Å². The van der Waals surface area contributed by atoms with E-state index in [1.165, 1.54) is 12.7 Å². The van der Waals surface area contributed by atoms with Gasteiger partial charge in [-0.15, -0.1) is 0 Å². The number of methoxy groups -OCH3 is 1. The van der Waals surface area contributed by atoms with Gasteiger partial charge in [0.25, 0.3) is 5.69 Å². The number of nitro benzene ring substituents is 1. The smallest absolute Gasteiger partial charge is 0.305 e. The first-order chi connectivity index (χ1) is 14.9. The molecule has 0 spiro atoms. The standard InChI is InChI=1S/C25H39NO5Si/c1-8-18-15-20(16-19(18)17-24(27)30-5)21(13-14-31-32(6,7)25(2,3)4)22-11-9-10-12-23(22)26(28)29/h9-12,15,18-19,21H,8,13-14,16-17H2,1-7H3/t18-,19+,21?/m1/s1. The molecule has 0 bridgehead atoms. The van der Waals surface area contributed by atoms with Gasteiger partial charge in [-0.2, -0.15) is 0 Å². The summed E-state index contributed by atoms with van der Waals surface area (Å²) >= 11 is 0. The van der Waals surface area contributed by atoms with E-state index < -0.39 is 8.32 Å². The fourth-order valence-electron chi connectivity index (χ4n) is 4.30. The van der Waals surface area contributed by atoms with Crippen molar-refractivity contribution >= 4 is 20.0 Å². The molecule has 32 heavy (non-hydrogen) atoms. The number of rotatable bonds is 10. The number of allylic oxidation sites excluding steroid dienone is 2. The van der Waals surface area contributed by atoms with Crippen LogP contribution in [-0.4, -0.2) is 32.9 Å². The third kappa shape index (κ3) is 6.29. The molecular weight excluding hydrogens is 422 g/mol. The molecule has 0 fully saturated rings. The number of hydrogen-bond donors (Lipinski definition) is 0. The van der Waals surface area contributed by atoms with Crippen molar-refractivity contribution in [3.05, 3.63) is 51.6 Å². The second-order valence-corrected chi connectivity index (χ2v) is 15.1. The predicted octanol–water partition coefficient (Wildman–Crippen LogP) is 6.63. The molecule has 178 valence electrons. The number of hydrogen-bond acceptors (Lipinski definition) is 5. The van der Waals surface area contributed by atoms with Crippen LogP contribution in [0.5, 0.6) is 0 Å². The lowest BCUT2D eigenvalue weighted by Crippen LogP contribution is -2.41. The summed E-state index contributed by atoms with van der Waals surface area (Å²) < 4.78 is 11.3. The van der Waals surface area contributed by atoms with Gasteiger partial charge in [-0.05, 0) is 49.2 Å². The summed E-state index contributed by atoms with van der Waals surface area (Å²) in [7, 11) is -0.505. The van der Waals surface area contributed by atoms with Crippen molar-refractivity contribution in [2.75, 3.05) is 13.7 Å². The van der Waals surface area contributed by atoms with Crippen molar-refractivity contribution in [1.82, 2.24) is 0 Å². The van der Waals surface area contributed by atoms with Gasteiger partial charge in [-0.3, -0.25) is 14.9 Å². The fraction of sp³-hybridized carbons (Fsp3) is 0.640. The van der Waals surface area contributed by atoms with Gasteiger partial charge < -0.3 is 9.16 Å². The van der Waals surface area contributed by atoms with Crippen molar-refractivity contribution in [3.8, 4) is 0 Å². The number of carbonyl (C=O) groups is 1. The zero-order valence-electron chi connectivity index (χ0n) is 20.6. The van der Waals surface area contributed by atoms with Crippen LogP contribution in [0.15, 0.2) is 35.9 Å². The summed E-state index contributed by atoms with van der Waals surface area (Å²) in [5, 5.41) is 11.9. The molecule has 0 aliphatic heterocycles. The third-order valence-corrected chi connectivity index (χ3v) is 11.8. The lowest BCUT2D eigenvalue weighted by molar-refractivity contribution is -0.385. The first-order valence-corrected chi connectivity index (χ1v) is 14.5. The molecule has 0 N–H and O–H groups in total. The Balaban J connectivity index is 2.33. The van der Waals surface area contributed by atoms with Gasteiger partial charge in [0.05, 0.1) is 12.0 Å². The number of esters is 1. The molecule has 1 aliphatic rings. The molecule has 3 atom stereocenters. The minimum absolute atomic E-state index is 0.0990. The highest BCUT2D eigenvalue weighted by atomic mass is 28.4. The van der Waals surface area contributed by atoms with Gasteiger partial charge in [0.2, 0.25) is 0 Å². The van der Waals surface area contributed by atoms with Crippen LogP contribution in [0.2, 0.25) is 18.1 Å². The average Bonchev–Trinajstić information content (AvgIpc) is 3.12. The van der Waals surface area contributed by atoms with E-state index in [4.69, 9.17) is 9.16 Å². The van der Waals surface area contributed by atoms with Crippen LogP contribution in [0, 0.1) is 22.0 Å². The summed E-state index contributed by atoms with van der Waals surface area (Å²) in [5.41, 5.74) is 2.06. The lowest BCUT2D eigenvalue weighted by atomic mass is 9.85. The second kappa shape index (κ2) is 10.7. The van der Waals surface area contributed by atoms with E-state index in [0.717, 1.165) is 18.4 Å². The van der Waals surface area contributed by atoms with Crippen molar-refractivity contribution in [1.29, 1.82) is 0 Å². The van der Waals surface area contributed by atoms with Crippen LogP contribution in [-0.2, 0) is 14.0 Å². The van der Waals surface area contributed by atoms with E-state index in [1.807, 2.05) is 12.1 Å². The molecule has 0 radical (unpaired) electrons. The number of benzene rings is 1. The SMILES string of the molecule is CC[C@@H]1C=C(C(CCO[Si](C)(C)C(C)(C)C)c2ccccc2[N+](=O)[O-])C[C@H]1CC(=O)OC. The summed E-state index contributed by atoms with van der Waals surface area (Å²) in [6.07, 6.45) is 4.99. The number of para-hydroxylation sites is 1. The Hall–Kier alpha value is -1.99. The normalized spacial score (nSPS) is 20.0. The molecule has 6 nitrogen and oxygen atoms in total. The van der Waals surface area contributed by atoms with E-state index in [9.17, 15) is 14.9 Å². The Morgan fingerprint density at radius 1 is 1.28 bits per heavy atom. The molecule has 0 aromatic heterocycles. The summed E-state index contributed by atoms with van der Waals surface area (Å²) in [5.74, 6) is 0.148. The van der Waals surface area contributed by atoms with Crippen LogP contribution in [0.25, 0.3) is 0 Å². The van der Waals surface area contributed by atoms with Crippen LogP contribution >= 0.6 is 0 Å². The third-order valence-electron chi connectivity index (χ3n) is 7.29. The van der Waals surface area contributed by atoms with Crippen LogP contribution < -0.4 is 0 Å². The number of nitrogens with zero attached hydrogens (tertiary/aromatic N) is 1. The Labute approximate surface area is 193 Å². The summed E-state index contributed by atoms with van der Waals surface area (Å²) in [6.45, 7) is 13.8. The van der Waals surface area contributed by atoms with Gasteiger partial charge in [0.15, 0.2) is 8.32 Å². The molecule has 7 heteroatoms.